The lowest BCUT2D eigenvalue weighted by Gasteiger charge is -2.13. The van der Waals surface area contributed by atoms with Crippen LogP contribution in [0.15, 0.2) is 76.5 Å². The standard InChI is InChI=1S/C24H25ClN2O5S.ClH/c1-26-22-10-9-20(14-21(22)24(29)30)33(31,32)19-7-5-16(6-8-19)11-12-27-15-23(28)17-3-2-4-18(25)13-17;/h2-10,13-14,23,26-28H,11-12,15H2,1H3,(H,29,30);1H/t23-;/m0./s1. The van der Waals surface area contributed by atoms with Crippen molar-refractivity contribution in [2.45, 2.75) is 22.3 Å². The van der Waals surface area contributed by atoms with Crippen LogP contribution < -0.4 is 10.6 Å². The third-order valence-corrected chi connectivity index (χ3v) is 7.20. The highest BCUT2D eigenvalue weighted by Gasteiger charge is 2.21. The van der Waals surface area contributed by atoms with Gasteiger partial charge < -0.3 is 20.8 Å². The van der Waals surface area contributed by atoms with Crippen molar-refractivity contribution in [3.8, 4) is 0 Å². The summed E-state index contributed by atoms with van der Waals surface area (Å²) in [5.41, 5.74) is 1.89. The summed E-state index contributed by atoms with van der Waals surface area (Å²) in [6, 6.07) is 17.5. The normalized spacial score (nSPS) is 12.0. The molecule has 0 saturated heterocycles. The Morgan fingerprint density at radius 2 is 1.71 bits per heavy atom. The van der Waals surface area contributed by atoms with E-state index in [2.05, 4.69) is 10.6 Å². The maximum Gasteiger partial charge on any atom is 0.337 e. The summed E-state index contributed by atoms with van der Waals surface area (Å²) < 4.78 is 25.9. The summed E-state index contributed by atoms with van der Waals surface area (Å²) in [6.45, 7) is 0.957. The molecule has 0 heterocycles. The maximum absolute atomic E-state index is 13.0. The molecule has 0 bridgehead atoms. The van der Waals surface area contributed by atoms with Crippen LogP contribution in [0.3, 0.4) is 0 Å². The number of nitrogens with one attached hydrogen (secondary N) is 2. The minimum absolute atomic E-state index is 0. The van der Waals surface area contributed by atoms with E-state index in [1.54, 1.807) is 37.4 Å². The maximum atomic E-state index is 13.0. The van der Waals surface area contributed by atoms with E-state index in [1.165, 1.54) is 24.3 Å². The summed E-state index contributed by atoms with van der Waals surface area (Å²) in [5, 5.41) is 26.1. The van der Waals surface area contributed by atoms with Crippen LogP contribution in [0.25, 0.3) is 0 Å². The number of carboxylic acid groups (broad SMARTS) is 1. The monoisotopic (exact) mass is 524 g/mol. The fourth-order valence-corrected chi connectivity index (χ4v) is 4.85. The lowest BCUT2D eigenvalue weighted by molar-refractivity contribution is 0.0697. The first-order chi connectivity index (χ1) is 15.7. The lowest BCUT2D eigenvalue weighted by Crippen LogP contribution is -2.23. The van der Waals surface area contributed by atoms with Gasteiger partial charge in [-0.15, -0.1) is 12.4 Å². The molecule has 7 nitrogen and oxygen atoms in total. The van der Waals surface area contributed by atoms with Crippen LogP contribution >= 0.6 is 24.0 Å². The third kappa shape index (κ3) is 6.71. The zero-order valence-electron chi connectivity index (χ0n) is 18.4. The molecule has 1 atom stereocenters. The van der Waals surface area contributed by atoms with Gasteiger partial charge in [0, 0.05) is 24.3 Å². The first-order valence-electron chi connectivity index (χ1n) is 10.3. The van der Waals surface area contributed by atoms with Gasteiger partial charge in [0.15, 0.2) is 0 Å². The van der Waals surface area contributed by atoms with Gasteiger partial charge in [0.25, 0.3) is 0 Å². The highest BCUT2D eigenvalue weighted by molar-refractivity contribution is 7.91. The van der Waals surface area contributed by atoms with Crippen molar-refractivity contribution in [2.75, 3.05) is 25.5 Å². The summed E-state index contributed by atoms with van der Waals surface area (Å²) in [4.78, 5) is 11.4. The second kappa shape index (κ2) is 12.2. The number of hydrogen-bond donors (Lipinski definition) is 4. The molecule has 0 saturated carbocycles. The SMILES string of the molecule is CNc1ccc(S(=O)(=O)c2ccc(CCNC[C@H](O)c3cccc(Cl)c3)cc2)cc1C(=O)O.Cl. The molecule has 0 aliphatic heterocycles. The molecule has 0 amide bonds. The lowest BCUT2D eigenvalue weighted by atomic mass is 10.1. The van der Waals surface area contributed by atoms with E-state index in [1.807, 2.05) is 6.07 Å². The molecular weight excluding hydrogens is 499 g/mol. The molecule has 0 aliphatic carbocycles. The minimum Gasteiger partial charge on any atom is -0.478 e. The van der Waals surface area contributed by atoms with E-state index in [0.717, 1.165) is 17.2 Å². The number of benzene rings is 3. The Balaban J connectivity index is 0.00000408. The van der Waals surface area contributed by atoms with Gasteiger partial charge in [-0.1, -0.05) is 35.9 Å². The van der Waals surface area contributed by atoms with Gasteiger partial charge in [0.05, 0.1) is 21.5 Å². The number of carboxylic acids is 1. The molecule has 0 spiro atoms. The molecule has 3 rings (SSSR count). The molecule has 0 aromatic heterocycles. The first-order valence-corrected chi connectivity index (χ1v) is 12.1. The van der Waals surface area contributed by atoms with Crippen molar-refractivity contribution < 1.29 is 23.4 Å². The number of halogens is 2. The Morgan fingerprint density at radius 1 is 1.03 bits per heavy atom. The van der Waals surface area contributed by atoms with Crippen molar-refractivity contribution in [2.24, 2.45) is 0 Å². The number of sulfone groups is 1. The Morgan fingerprint density at radius 3 is 2.32 bits per heavy atom. The van der Waals surface area contributed by atoms with Crippen molar-refractivity contribution in [3.05, 3.63) is 88.4 Å². The van der Waals surface area contributed by atoms with Gasteiger partial charge in [0.1, 0.15) is 0 Å². The fourth-order valence-electron chi connectivity index (χ4n) is 3.36. The summed E-state index contributed by atoms with van der Waals surface area (Å²) in [5.74, 6) is -1.21. The average Bonchev–Trinajstić information content (AvgIpc) is 2.81. The van der Waals surface area contributed by atoms with Crippen LogP contribution in [0.5, 0.6) is 0 Å². The first kappa shape index (κ1) is 27.6. The number of aliphatic hydroxyl groups is 1. The van der Waals surface area contributed by atoms with Crippen LogP contribution in [-0.2, 0) is 16.3 Å². The van der Waals surface area contributed by atoms with Crippen molar-refractivity contribution in [1.82, 2.24) is 5.32 Å². The van der Waals surface area contributed by atoms with Crippen LogP contribution in [0.1, 0.15) is 27.6 Å². The molecule has 182 valence electrons. The van der Waals surface area contributed by atoms with Gasteiger partial charge in [-0.3, -0.25) is 0 Å². The highest BCUT2D eigenvalue weighted by atomic mass is 35.5. The molecule has 0 aliphatic rings. The smallest absolute Gasteiger partial charge is 0.337 e. The van der Waals surface area contributed by atoms with Gasteiger partial charge in [-0.2, -0.15) is 0 Å². The molecule has 10 heteroatoms. The molecule has 4 N–H and O–H groups in total. The average molecular weight is 525 g/mol. The van der Waals surface area contributed by atoms with Gasteiger partial charge in [0.2, 0.25) is 9.84 Å². The molecule has 34 heavy (non-hydrogen) atoms. The van der Waals surface area contributed by atoms with Crippen LogP contribution in [0, 0.1) is 0 Å². The minimum atomic E-state index is -3.86. The van der Waals surface area contributed by atoms with E-state index in [9.17, 15) is 23.4 Å². The zero-order chi connectivity index (χ0) is 24.0. The number of rotatable bonds is 10. The largest absolute Gasteiger partial charge is 0.478 e. The zero-order valence-corrected chi connectivity index (χ0v) is 20.8. The number of aromatic carboxylic acids is 1. The number of hydrogen-bond acceptors (Lipinski definition) is 6. The van der Waals surface area contributed by atoms with E-state index in [-0.39, 0.29) is 27.8 Å². The predicted octanol–water partition coefficient (Wildman–Crippen LogP) is 4.20. The second-order valence-electron chi connectivity index (χ2n) is 7.43. The molecule has 0 unspecified atom stereocenters. The Labute approximate surface area is 210 Å². The molecule has 0 radical (unpaired) electrons. The molecule has 3 aromatic rings. The van der Waals surface area contributed by atoms with Crippen LogP contribution in [0.4, 0.5) is 5.69 Å². The fraction of sp³-hybridized carbons (Fsp3) is 0.208. The van der Waals surface area contributed by atoms with Crippen molar-refractivity contribution in [3.63, 3.8) is 0 Å². The number of carbonyl (C=O) groups is 1. The van der Waals surface area contributed by atoms with E-state index >= 15 is 0 Å². The Kier molecular flexibility index (Phi) is 9.90. The number of aliphatic hydroxyl groups excluding tert-OH is 1. The Hall–Kier alpha value is -2.62. The predicted molar refractivity (Wildman–Crippen MR) is 135 cm³/mol. The van der Waals surface area contributed by atoms with Gasteiger partial charge in [-0.25, -0.2) is 13.2 Å². The quantitative estimate of drug-likeness (QED) is 0.293. The van der Waals surface area contributed by atoms with Crippen molar-refractivity contribution in [1.29, 1.82) is 0 Å². The highest BCUT2D eigenvalue weighted by Crippen LogP contribution is 2.26. The second-order valence-corrected chi connectivity index (χ2v) is 9.82. The van der Waals surface area contributed by atoms with E-state index in [4.69, 9.17) is 11.6 Å². The van der Waals surface area contributed by atoms with Crippen molar-refractivity contribution >= 4 is 45.5 Å². The Bertz CT molecular complexity index is 1230. The summed E-state index contributed by atoms with van der Waals surface area (Å²) >= 11 is 5.95. The third-order valence-electron chi connectivity index (χ3n) is 5.20. The topological polar surface area (TPSA) is 116 Å². The van der Waals surface area contributed by atoms with E-state index < -0.39 is 21.9 Å². The number of anilines is 1. The molecule has 0 fully saturated rings. The molecule has 3 aromatic carbocycles. The van der Waals surface area contributed by atoms with Crippen LogP contribution in [0.2, 0.25) is 5.02 Å². The van der Waals surface area contributed by atoms with Gasteiger partial charge in [-0.05, 0) is 66.6 Å². The van der Waals surface area contributed by atoms with E-state index in [0.29, 0.717) is 30.2 Å². The molecular formula is C24H26Cl2N2O5S. The van der Waals surface area contributed by atoms with Gasteiger partial charge >= 0.3 is 5.97 Å². The van der Waals surface area contributed by atoms with Crippen LogP contribution in [-0.4, -0.2) is 44.7 Å². The summed E-state index contributed by atoms with van der Waals surface area (Å²) in [7, 11) is -2.29. The summed E-state index contributed by atoms with van der Waals surface area (Å²) in [6.07, 6.45) is -0.0379.